The molecule has 86 valence electrons. The Hall–Kier alpha value is -2.08. The molecular weight excluding hydrogens is 238 g/mol. The van der Waals surface area contributed by atoms with Crippen molar-refractivity contribution < 1.29 is 9.59 Å². The lowest BCUT2D eigenvalue weighted by Gasteiger charge is -1.99. The van der Waals surface area contributed by atoms with Crippen molar-refractivity contribution in [1.82, 2.24) is 9.97 Å². The first kappa shape index (κ1) is 11.4. The molecule has 0 aliphatic carbocycles. The van der Waals surface area contributed by atoms with Crippen molar-refractivity contribution in [3.63, 3.8) is 0 Å². The number of carbonyl (C=O) groups is 2. The van der Waals surface area contributed by atoms with Crippen LogP contribution in [0.5, 0.6) is 0 Å². The topological polar surface area (TPSA) is 72.0 Å². The van der Waals surface area contributed by atoms with Crippen LogP contribution in [0.4, 0.5) is 5.13 Å². The van der Waals surface area contributed by atoms with E-state index in [2.05, 4.69) is 15.3 Å². The van der Waals surface area contributed by atoms with Gasteiger partial charge in [0.15, 0.2) is 10.9 Å². The van der Waals surface area contributed by atoms with Crippen LogP contribution in [-0.4, -0.2) is 21.7 Å². The molecule has 1 N–H and O–H groups in total. The van der Waals surface area contributed by atoms with E-state index in [1.165, 1.54) is 24.5 Å². The van der Waals surface area contributed by atoms with Crippen molar-refractivity contribution in [1.29, 1.82) is 0 Å². The summed E-state index contributed by atoms with van der Waals surface area (Å²) in [6.07, 6.45) is 1.54. The van der Waals surface area contributed by atoms with Gasteiger partial charge in [0.1, 0.15) is 11.4 Å². The van der Waals surface area contributed by atoms with Gasteiger partial charge in [-0.05, 0) is 12.1 Å². The average molecular weight is 247 g/mol. The zero-order valence-electron chi connectivity index (χ0n) is 9.01. The summed E-state index contributed by atoms with van der Waals surface area (Å²) in [4.78, 5) is 30.6. The number of amides is 1. The second-order valence-corrected chi connectivity index (χ2v) is 4.12. The second kappa shape index (κ2) is 4.84. The Labute approximate surface area is 102 Å². The van der Waals surface area contributed by atoms with Crippen LogP contribution in [0.3, 0.4) is 0 Å². The molecule has 0 aliphatic rings. The Balaban J connectivity index is 2.11. The first-order chi connectivity index (χ1) is 8.16. The Morgan fingerprint density at radius 1 is 1.29 bits per heavy atom. The first-order valence-electron chi connectivity index (χ1n) is 4.85. The number of ketones is 1. The Morgan fingerprint density at radius 2 is 2.12 bits per heavy atom. The van der Waals surface area contributed by atoms with Gasteiger partial charge in [0.05, 0.1) is 0 Å². The summed E-state index contributed by atoms with van der Waals surface area (Å²) in [5.74, 6) is -0.463. The maximum atomic E-state index is 11.7. The highest BCUT2D eigenvalue weighted by molar-refractivity contribution is 7.14. The molecule has 0 aromatic carbocycles. The normalized spacial score (nSPS) is 9.94. The van der Waals surface area contributed by atoms with Crippen LogP contribution in [0.15, 0.2) is 29.8 Å². The van der Waals surface area contributed by atoms with Gasteiger partial charge in [0.2, 0.25) is 0 Å². The number of hydrogen-bond acceptors (Lipinski definition) is 5. The third kappa shape index (κ3) is 2.73. The molecule has 0 atom stereocenters. The van der Waals surface area contributed by atoms with Crippen molar-refractivity contribution in [2.24, 2.45) is 0 Å². The van der Waals surface area contributed by atoms with Gasteiger partial charge in [-0.25, -0.2) is 4.98 Å². The number of Topliss-reactive ketones (excluding diaryl/α,β-unsaturated/α-hetero) is 1. The molecule has 6 heteroatoms. The predicted octanol–water partition coefficient (Wildman–Crippen LogP) is 1.99. The molecule has 0 unspecified atom stereocenters. The number of nitrogens with one attached hydrogen (secondary N) is 1. The lowest BCUT2D eigenvalue weighted by Crippen LogP contribution is -2.13. The first-order valence-corrected chi connectivity index (χ1v) is 5.73. The predicted molar refractivity (Wildman–Crippen MR) is 64.3 cm³/mol. The average Bonchev–Trinajstić information content (AvgIpc) is 2.79. The van der Waals surface area contributed by atoms with Gasteiger partial charge in [0.25, 0.3) is 5.91 Å². The maximum absolute atomic E-state index is 11.7. The highest BCUT2D eigenvalue weighted by atomic mass is 32.1. The van der Waals surface area contributed by atoms with Crippen molar-refractivity contribution in [2.45, 2.75) is 6.92 Å². The number of nitrogens with zero attached hydrogens (tertiary/aromatic N) is 2. The summed E-state index contributed by atoms with van der Waals surface area (Å²) in [5.41, 5.74) is 0.665. The number of thiazole rings is 1. The molecule has 0 saturated carbocycles. The molecule has 5 nitrogen and oxygen atoms in total. The van der Waals surface area contributed by atoms with Gasteiger partial charge in [-0.2, -0.15) is 0 Å². The molecule has 0 saturated heterocycles. The van der Waals surface area contributed by atoms with Gasteiger partial charge in [-0.3, -0.25) is 19.9 Å². The van der Waals surface area contributed by atoms with Crippen LogP contribution >= 0.6 is 11.3 Å². The van der Waals surface area contributed by atoms with Crippen molar-refractivity contribution in [3.05, 3.63) is 41.2 Å². The summed E-state index contributed by atoms with van der Waals surface area (Å²) < 4.78 is 0. The molecule has 2 rings (SSSR count). The SMILES string of the molecule is CC(=O)c1csc(NC(=O)c2ccccn2)n1. The molecular formula is C11H9N3O2S. The molecule has 2 aromatic rings. The minimum atomic E-state index is -0.338. The Bertz CT molecular complexity index is 551. The number of pyridine rings is 1. The molecule has 0 aliphatic heterocycles. The highest BCUT2D eigenvalue weighted by Gasteiger charge is 2.11. The fourth-order valence-electron chi connectivity index (χ4n) is 1.15. The Kier molecular flexibility index (Phi) is 3.24. The standard InChI is InChI=1S/C11H9N3O2S/c1-7(15)9-6-17-11(13-9)14-10(16)8-4-2-3-5-12-8/h2-6H,1H3,(H,13,14,16). The summed E-state index contributed by atoms with van der Waals surface area (Å²) in [6, 6.07) is 5.06. The van der Waals surface area contributed by atoms with E-state index in [-0.39, 0.29) is 11.7 Å². The van der Waals surface area contributed by atoms with Crippen molar-refractivity contribution >= 4 is 28.2 Å². The van der Waals surface area contributed by atoms with Crippen molar-refractivity contribution in [3.8, 4) is 0 Å². The zero-order valence-corrected chi connectivity index (χ0v) is 9.82. The largest absolute Gasteiger partial charge is 0.296 e. The van der Waals surface area contributed by atoms with Crippen LogP contribution in [0.2, 0.25) is 0 Å². The fraction of sp³-hybridized carbons (Fsp3) is 0.0909. The lowest BCUT2D eigenvalue weighted by atomic mass is 10.3. The minimum Gasteiger partial charge on any atom is -0.296 e. The molecule has 0 spiro atoms. The van der Waals surface area contributed by atoms with Gasteiger partial charge >= 0.3 is 0 Å². The van der Waals surface area contributed by atoms with E-state index in [4.69, 9.17) is 0 Å². The van der Waals surface area contributed by atoms with E-state index >= 15 is 0 Å². The van der Waals surface area contributed by atoms with E-state index < -0.39 is 0 Å². The van der Waals surface area contributed by atoms with Gasteiger partial charge in [-0.15, -0.1) is 11.3 Å². The molecule has 17 heavy (non-hydrogen) atoms. The van der Waals surface area contributed by atoms with E-state index in [1.807, 2.05) is 0 Å². The van der Waals surface area contributed by atoms with Crippen LogP contribution in [0.1, 0.15) is 27.9 Å². The summed E-state index contributed by atoms with van der Waals surface area (Å²) in [7, 11) is 0. The third-order valence-electron chi connectivity index (χ3n) is 1.98. The van der Waals surface area contributed by atoms with Gasteiger partial charge in [-0.1, -0.05) is 6.07 Å². The molecule has 2 heterocycles. The number of carbonyl (C=O) groups excluding carboxylic acids is 2. The van der Waals surface area contributed by atoms with Crippen LogP contribution in [0, 0.1) is 0 Å². The number of rotatable bonds is 3. The van der Waals surface area contributed by atoms with Gasteiger partial charge < -0.3 is 0 Å². The number of hydrogen-bond donors (Lipinski definition) is 1. The monoisotopic (exact) mass is 247 g/mol. The lowest BCUT2D eigenvalue weighted by molar-refractivity contribution is 0.100. The number of aromatic nitrogens is 2. The van der Waals surface area contributed by atoms with E-state index in [0.717, 1.165) is 0 Å². The fourth-order valence-corrected chi connectivity index (χ4v) is 1.90. The molecule has 1 amide bonds. The zero-order chi connectivity index (χ0) is 12.3. The summed E-state index contributed by atoms with van der Waals surface area (Å²) in [5, 5.41) is 4.59. The van der Waals surface area contributed by atoms with E-state index in [0.29, 0.717) is 16.5 Å². The summed E-state index contributed by atoms with van der Waals surface area (Å²) in [6.45, 7) is 1.43. The smallest absolute Gasteiger partial charge is 0.276 e. The van der Waals surface area contributed by atoms with Crippen LogP contribution < -0.4 is 5.32 Å². The molecule has 0 fully saturated rings. The van der Waals surface area contributed by atoms with Crippen LogP contribution in [-0.2, 0) is 0 Å². The second-order valence-electron chi connectivity index (χ2n) is 3.26. The molecule has 2 aromatic heterocycles. The molecule has 0 radical (unpaired) electrons. The quantitative estimate of drug-likeness (QED) is 0.842. The van der Waals surface area contributed by atoms with E-state index in [1.54, 1.807) is 23.6 Å². The highest BCUT2D eigenvalue weighted by Crippen LogP contribution is 2.16. The Morgan fingerprint density at radius 3 is 2.71 bits per heavy atom. The molecule has 0 bridgehead atoms. The third-order valence-corrected chi connectivity index (χ3v) is 2.74. The van der Waals surface area contributed by atoms with Crippen molar-refractivity contribution in [2.75, 3.05) is 5.32 Å². The number of anilines is 1. The minimum absolute atomic E-state index is 0.125. The maximum Gasteiger partial charge on any atom is 0.276 e. The van der Waals surface area contributed by atoms with Crippen LogP contribution in [0.25, 0.3) is 0 Å². The van der Waals surface area contributed by atoms with Gasteiger partial charge in [0, 0.05) is 18.5 Å². The van der Waals surface area contributed by atoms with E-state index in [9.17, 15) is 9.59 Å². The summed E-state index contributed by atoms with van der Waals surface area (Å²) >= 11 is 1.21.